The Kier molecular flexibility index (Phi) is 7.71. The van der Waals surface area contributed by atoms with Crippen LogP contribution in [0.2, 0.25) is 0 Å². The van der Waals surface area contributed by atoms with Crippen LogP contribution in [0.4, 0.5) is 4.79 Å². The Morgan fingerprint density at radius 1 is 0.909 bits per heavy atom. The molecule has 0 radical (unpaired) electrons. The minimum Gasteiger partial charge on any atom is -0.481 e. The smallest absolute Gasteiger partial charge is 0.407 e. The van der Waals surface area contributed by atoms with Gasteiger partial charge in [0.15, 0.2) is 0 Å². The standard InChI is InChI=1S/C27H31NO5/c1-27(2,3)33-26(32)28-23(17-20-14-9-13-19-12-7-8-15-21(19)20)24(29)22(25(30)31)16-18-10-5-4-6-11-18/h4-15,22-24,29H,16-17H2,1-3H3,(H,28,32)(H,30,31)/t22-,23-,24+/m1/s1. The van der Waals surface area contributed by atoms with E-state index in [0.29, 0.717) is 0 Å². The number of carbonyl (C=O) groups excluding carboxylic acids is 1. The first-order valence-corrected chi connectivity index (χ1v) is 11.0. The van der Waals surface area contributed by atoms with Crippen molar-refractivity contribution >= 4 is 22.8 Å². The quantitative estimate of drug-likeness (QED) is 0.468. The maximum absolute atomic E-state index is 12.6. The number of benzene rings is 3. The summed E-state index contributed by atoms with van der Waals surface area (Å²) < 4.78 is 5.39. The maximum atomic E-state index is 12.6. The van der Waals surface area contributed by atoms with Gasteiger partial charge in [0.05, 0.1) is 18.1 Å². The molecule has 0 aromatic heterocycles. The molecule has 0 aliphatic carbocycles. The molecule has 6 heteroatoms. The Labute approximate surface area is 194 Å². The van der Waals surface area contributed by atoms with Crippen molar-refractivity contribution in [2.45, 2.75) is 51.4 Å². The zero-order valence-corrected chi connectivity index (χ0v) is 19.2. The van der Waals surface area contributed by atoms with Crippen LogP contribution >= 0.6 is 0 Å². The number of hydrogen-bond acceptors (Lipinski definition) is 4. The van der Waals surface area contributed by atoms with Gasteiger partial charge >= 0.3 is 12.1 Å². The van der Waals surface area contributed by atoms with Gasteiger partial charge in [-0.1, -0.05) is 72.8 Å². The Morgan fingerprint density at radius 3 is 2.21 bits per heavy atom. The number of carboxylic acids is 1. The third-order valence-corrected chi connectivity index (χ3v) is 5.46. The highest BCUT2D eigenvalue weighted by Gasteiger charge is 2.35. The summed E-state index contributed by atoms with van der Waals surface area (Å²) in [7, 11) is 0. The summed E-state index contributed by atoms with van der Waals surface area (Å²) in [6.45, 7) is 5.24. The molecule has 0 unspecified atom stereocenters. The second-order valence-corrected chi connectivity index (χ2v) is 9.22. The summed E-state index contributed by atoms with van der Waals surface area (Å²) in [5.41, 5.74) is 0.970. The van der Waals surface area contributed by atoms with Crippen molar-refractivity contribution in [3.63, 3.8) is 0 Å². The van der Waals surface area contributed by atoms with Crippen molar-refractivity contribution in [3.05, 3.63) is 83.9 Å². The maximum Gasteiger partial charge on any atom is 0.407 e. The number of carboxylic acid groups (broad SMARTS) is 1. The van der Waals surface area contributed by atoms with Crippen molar-refractivity contribution < 1.29 is 24.5 Å². The van der Waals surface area contributed by atoms with E-state index >= 15 is 0 Å². The number of nitrogens with one attached hydrogen (secondary N) is 1. The van der Waals surface area contributed by atoms with E-state index in [4.69, 9.17) is 4.74 Å². The predicted octanol–water partition coefficient (Wildman–Crippen LogP) is 4.58. The summed E-state index contributed by atoms with van der Waals surface area (Å²) in [5, 5.41) is 25.9. The number of rotatable bonds is 8. The van der Waals surface area contributed by atoms with Crippen LogP contribution in [0, 0.1) is 5.92 Å². The molecule has 6 nitrogen and oxygen atoms in total. The van der Waals surface area contributed by atoms with Crippen LogP contribution in [0.1, 0.15) is 31.9 Å². The summed E-state index contributed by atoms with van der Waals surface area (Å²) in [5.74, 6) is -2.23. The lowest BCUT2D eigenvalue weighted by Gasteiger charge is -2.30. The van der Waals surface area contributed by atoms with Crippen LogP contribution in [0.3, 0.4) is 0 Å². The van der Waals surface area contributed by atoms with Crippen LogP contribution < -0.4 is 5.32 Å². The van der Waals surface area contributed by atoms with Gasteiger partial charge in [0.1, 0.15) is 5.60 Å². The van der Waals surface area contributed by atoms with Gasteiger partial charge in [-0.2, -0.15) is 0 Å². The zero-order valence-electron chi connectivity index (χ0n) is 19.2. The highest BCUT2D eigenvalue weighted by Crippen LogP contribution is 2.24. The summed E-state index contributed by atoms with van der Waals surface area (Å²) in [4.78, 5) is 24.7. The van der Waals surface area contributed by atoms with Gasteiger partial charge < -0.3 is 20.3 Å². The second-order valence-electron chi connectivity index (χ2n) is 9.22. The fourth-order valence-electron chi connectivity index (χ4n) is 3.93. The number of aliphatic hydroxyl groups is 1. The van der Waals surface area contributed by atoms with Gasteiger partial charge in [0.25, 0.3) is 0 Å². The number of hydrogen-bond donors (Lipinski definition) is 3. The fourth-order valence-corrected chi connectivity index (χ4v) is 3.93. The molecule has 3 aromatic carbocycles. The van der Waals surface area contributed by atoms with E-state index in [2.05, 4.69) is 5.32 Å². The van der Waals surface area contributed by atoms with Crippen LogP contribution in [0.15, 0.2) is 72.8 Å². The van der Waals surface area contributed by atoms with E-state index in [1.54, 1.807) is 20.8 Å². The third kappa shape index (κ3) is 6.80. The Morgan fingerprint density at radius 2 is 1.55 bits per heavy atom. The molecule has 174 valence electrons. The van der Waals surface area contributed by atoms with Crippen molar-refractivity contribution in [1.82, 2.24) is 5.32 Å². The number of aliphatic hydroxyl groups excluding tert-OH is 1. The number of fused-ring (bicyclic) bond motifs is 1. The Hall–Kier alpha value is -3.38. The molecular weight excluding hydrogens is 418 g/mol. The molecule has 0 aliphatic rings. The molecule has 0 fully saturated rings. The van der Waals surface area contributed by atoms with E-state index in [9.17, 15) is 19.8 Å². The Bertz CT molecular complexity index is 1090. The minimum absolute atomic E-state index is 0.138. The van der Waals surface area contributed by atoms with Crippen LogP contribution in [0.5, 0.6) is 0 Å². The van der Waals surface area contributed by atoms with Crippen molar-refractivity contribution in [1.29, 1.82) is 0 Å². The summed E-state index contributed by atoms with van der Waals surface area (Å²) in [6, 6.07) is 21.9. The molecule has 0 saturated carbocycles. The monoisotopic (exact) mass is 449 g/mol. The largest absolute Gasteiger partial charge is 0.481 e. The van der Waals surface area contributed by atoms with Gasteiger partial charge in [0, 0.05) is 0 Å². The molecule has 1 amide bonds. The van der Waals surface area contributed by atoms with Crippen molar-refractivity contribution in [2.24, 2.45) is 5.92 Å². The molecule has 3 aromatic rings. The lowest BCUT2D eigenvalue weighted by Crippen LogP contribution is -2.51. The molecule has 0 spiro atoms. The van der Waals surface area contributed by atoms with Crippen molar-refractivity contribution in [3.8, 4) is 0 Å². The van der Waals surface area contributed by atoms with Gasteiger partial charge in [0.2, 0.25) is 0 Å². The molecule has 33 heavy (non-hydrogen) atoms. The number of alkyl carbamates (subject to hydrolysis) is 1. The van der Waals surface area contributed by atoms with Gasteiger partial charge in [-0.3, -0.25) is 4.79 Å². The fraction of sp³-hybridized carbons (Fsp3) is 0.333. The van der Waals surface area contributed by atoms with Gasteiger partial charge in [-0.25, -0.2) is 4.79 Å². The van der Waals surface area contributed by atoms with Crippen LogP contribution in [0.25, 0.3) is 10.8 Å². The minimum atomic E-state index is -1.34. The predicted molar refractivity (Wildman–Crippen MR) is 128 cm³/mol. The lowest BCUT2D eigenvalue weighted by molar-refractivity contribution is -0.146. The molecular formula is C27H31NO5. The molecule has 3 N–H and O–H groups in total. The molecule has 0 bridgehead atoms. The van der Waals surface area contributed by atoms with Crippen molar-refractivity contribution in [2.75, 3.05) is 0 Å². The average Bonchev–Trinajstić information content (AvgIpc) is 2.76. The van der Waals surface area contributed by atoms with E-state index in [1.807, 2.05) is 72.8 Å². The molecule has 3 atom stereocenters. The normalized spacial score (nSPS) is 14.3. The number of aliphatic carboxylic acids is 1. The molecule has 3 rings (SSSR count). The summed E-state index contributed by atoms with van der Waals surface area (Å²) in [6.07, 6.45) is -1.65. The van der Waals surface area contributed by atoms with E-state index in [0.717, 1.165) is 21.9 Å². The Balaban J connectivity index is 1.92. The topological polar surface area (TPSA) is 95.9 Å². The first kappa shape index (κ1) is 24.3. The highest BCUT2D eigenvalue weighted by molar-refractivity contribution is 5.85. The lowest BCUT2D eigenvalue weighted by atomic mass is 9.86. The van der Waals surface area contributed by atoms with E-state index in [1.165, 1.54) is 0 Å². The first-order valence-electron chi connectivity index (χ1n) is 11.0. The highest BCUT2D eigenvalue weighted by atomic mass is 16.6. The third-order valence-electron chi connectivity index (χ3n) is 5.46. The van der Waals surface area contributed by atoms with Gasteiger partial charge in [-0.05, 0) is 55.5 Å². The van der Waals surface area contributed by atoms with Gasteiger partial charge in [-0.15, -0.1) is 0 Å². The van der Waals surface area contributed by atoms with E-state index in [-0.39, 0.29) is 12.8 Å². The SMILES string of the molecule is CC(C)(C)OC(=O)N[C@H](Cc1cccc2ccccc12)[C@@H](O)[C@@H](Cc1ccccc1)C(=O)O. The molecule has 0 aliphatic heterocycles. The molecule has 0 heterocycles. The zero-order chi connectivity index (χ0) is 24.0. The molecule has 0 saturated heterocycles. The summed E-state index contributed by atoms with van der Waals surface area (Å²) >= 11 is 0. The number of amides is 1. The first-order chi connectivity index (χ1) is 15.6. The van der Waals surface area contributed by atoms with E-state index < -0.39 is 35.7 Å². The second kappa shape index (κ2) is 10.5. The van der Waals surface area contributed by atoms with Crippen LogP contribution in [-0.2, 0) is 22.4 Å². The average molecular weight is 450 g/mol. The van der Waals surface area contributed by atoms with Crippen LogP contribution in [-0.4, -0.2) is 40.0 Å². The number of carbonyl (C=O) groups is 2. The number of ether oxygens (including phenoxy) is 1.